The van der Waals surface area contributed by atoms with Crippen LogP contribution in [0.3, 0.4) is 0 Å². The Kier molecular flexibility index (Phi) is 4.37. The summed E-state index contributed by atoms with van der Waals surface area (Å²) < 4.78 is 10.6. The SMILES string of the molecule is COc1ccccc1C(=O)NCc1ccc2c(c1)N(C)C(=O)CO2. The van der Waals surface area contributed by atoms with E-state index in [0.29, 0.717) is 29.3 Å². The van der Waals surface area contributed by atoms with Gasteiger partial charge in [0.05, 0.1) is 18.4 Å². The van der Waals surface area contributed by atoms with Crippen molar-refractivity contribution in [1.82, 2.24) is 5.32 Å². The van der Waals surface area contributed by atoms with Gasteiger partial charge < -0.3 is 19.7 Å². The molecule has 2 amide bonds. The van der Waals surface area contributed by atoms with E-state index in [9.17, 15) is 9.59 Å². The molecule has 1 aliphatic heterocycles. The highest BCUT2D eigenvalue weighted by atomic mass is 16.5. The maximum absolute atomic E-state index is 12.3. The van der Waals surface area contributed by atoms with Crippen molar-refractivity contribution >= 4 is 17.5 Å². The van der Waals surface area contributed by atoms with Crippen LogP contribution in [0.1, 0.15) is 15.9 Å². The molecule has 6 nitrogen and oxygen atoms in total. The van der Waals surface area contributed by atoms with Crippen molar-refractivity contribution in [2.75, 3.05) is 25.7 Å². The van der Waals surface area contributed by atoms with Crippen LogP contribution in [0.15, 0.2) is 42.5 Å². The Morgan fingerprint density at radius 2 is 2.08 bits per heavy atom. The summed E-state index contributed by atoms with van der Waals surface area (Å²) in [5.74, 6) is 0.875. The van der Waals surface area contributed by atoms with E-state index in [0.717, 1.165) is 5.56 Å². The molecular weight excluding hydrogens is 308 g/mol. The molecule has 0 aliphatic carbocycles. The quantitative estimate of drug-likeness (QED) is 0.933. The molecule has 2 aromatic carbocycles. The average molecular weight is 326 g/mol. The van der Waals surface area contributed by atoms with E-state index < -0.39 is 0 Å². The summed E-state index contributed by atoms with van der Waals surface area (Å²) in [5.41, 5.74) is 2.06. The monoisotopic (exact) mass is 326 g/mol. The number of benzene rings is 2. The average Bonchev–Trinajstić information content (AvgIpc) is 2.63. The lowest BCUT2D eigenvalue weighted by molar-refractivity contribution is -0.120. The molecule has 0 radical (unpaired) electrons. The lowest BCUT2D eigenvalue weighted by Crippen LogP contribution is -2.35. The van der Waals surface area contributed by atoms with E-state index in [-0.39, 0.29) is 18.4 Å². The lowest BCUT2D eigenvalue weighted by Gasteiger charge is -2.26. The van der Waals surface area contributed by atoms with Gasteiger partial charge in [-0.15, -0.1) is 0 Å². The largest absolute Gasteiger partial charge is 0.496 e. The highest BCUT2D eigenvalue weighted by Gasteiger charge is 2.22. The number of hydrogen-bond acceptors (Lipinski definition) is 4. The minimum atomic E-state index is -0.217. The number of fused-ring (bicyclic) bond motifs is 1. The van der Waals surface area contributed by atoms with Gasteiger partial charge in [0.1, 0.15) is 11.5 Å². The molecule has 0 atom stereocenters. The molecule has 0 saturated carbocycles. The highest BCUT2D eigenvalue weighted by molar-refractivity contribution is 5.98. The Labute approximate surface area is 140 Å². The van der Waals surface area contributed by atoms with Crippen LogP contribution in [0, 0.1) is 0 Å². The first-order valence-electron chi connectivity index (χ1n) is 7.53. The number of nitrogens with one attached hydrogen (secondary N) is 1. The number of ether oxygens (including phenoxy) is 2. The van der Waals surface area contributed by atoms with Gasteiger partial charge in [-0.3, -0.25) is 9.59 Å². The summed E-state index contributed by atoms with van der Waals surface area (Å²) in [7, 11) is 3.24. The van der Waals surface area contributed by atoms with Crippen LogP contribution in [0.2, 0.25) is 0 Å². The molecule has 3 rings (SSSR count). The van der Waals surface area contributed by atoms with Gasteiger partial charge in [0.15, 0.2) is 6.61 Å². The summed E-state index contributed by atoms with van der Waals surface area (Å²) in [5, 5.41) is 2.86. The first-order chi connectivity index (χ1) is 11.6. The van der Waals surface area contributed by atoms with Crippen LogP contribution < -0.4 is 19.7 Å². The van der Waals surface area contributed by atoms with E-state index in [1.54, 1.807) is 30.1 Å². The molecule has 1 N–H and O–H groups in total. The van der Waals surface area contributed by atoms with Crippen molar-refractivity contribution < 1.29 is 19.1 Å². The van der Waals surface area contributed by atoms with Crippen LogP contribution in [-0.2, 0) is 11.3 Å². The molecule has 0 saturated heterocycles. The second-order valence-corrected chi connectivity index (χ2v) is 5.43. The minimum Gasteiger partial charge on any atom is -0.496 e. The topological polar surface area (TPSA) is 67.9 Å². The number of likely N-dealkylation sites (N-methyl/N-ethyl adjacent to an activating group) is 1. The van der Waals surface area contributed by atoms with E-state index in [1.807, 2.05) is 24.3 Å². The van der Waals surface area contributed by atoms with Gasteiger partial charge >= 0.3 is 0 Å². The van der Waals surface area contributed by atoms with Crippen LogP contribution in [-0.4, -0.2) is 32.6 Å². The summed E-state index contributed by atoms with van der Waals surface area (Å²) in [6.45, 7) is 0.388. The second-order valence-electron chi connectivity index (χ2n) is 5.43. The fraction of sp³-hybridized carbons (Fsp3) is 0.222. The number of hydrogen-bond donors (Lipinski definition) is 1. The molecular formula is C18H18N2O4. The Morgan fingerprint density at radius 1 is 1.29 bits per heavy atom. The Balaban J connectivity index is 1.73. The van der Waals surface area contributed by atoms with Crippen LogP contribution in [0.25, 0.3) is 0 Å². The number of amides is 2. The third kappa shape index (κ3) is 3.03. The molecule has 0 unspecified atom stereocenters. The third-order valence-corrected chi connectivity index (χ3v) is 3.91. The molecule has 0 aromatic heterocycles. The number of para-hydroxylation sites is 1. The fourth-order valence-electron chi connectivity index (χ4n) is 2.54. The number of carbonyl (C=O) groups excluding carboxylic acids is 2. The molecule has 124 valence electrons. The standard InChI is InChI=1S/C18H18N2O4/c1-20-14-9-12(7-8-16(14)24-11-17(20)21)10-19-18(22)13-5-3-4-6-15(13)23-2/h3-9H,10-11H2,1-2H3,(H,19,22). The molecule has 2 aromatic rings. The Bertz CT molecular complexity index is 788. The zero-order chi connectivity index (χ0) is 17.1. The lowest BCUT2D eigenvalue weighted by atomic mass is 10.1. The van der Waals surface area contributed by atoms with Gasteiger partial charge in [0.2, 0.25) is 0 Å². The fourth-order valence-corrected chi connectivity index (χ4v) is 2.54. The van der Waals surface area contributed by atoms with Crippen molar-refractivity contribution in [3.63, 3.8) is 0 Å². The van der Waals surface area contributed by atoms with Gasteiger partial charge in [-0.1, -0.05) is 18.2 Å². The zero-order valence-electron chi connectivity index (χ0n) is 13.5. The molecule has 1 aliphatic rings. The second kappa shape index (κ2) is 6.62. The van der Waals surface area contributed by atoms with Crippen molar-refractivity contribution in [1.29, 1.82) is 0 Å². The maximum Gasteiger partial charge on any atom is 0.264 e. The van der Waals surface area contributed by atoms with Gasteiger partial charge in [-0.25, -0.2) is 0 Å². The molecule has 0 bridgehead atoms. The van der Waals surface area contributed by atoms with Crippen LogP contribution in [0.5, 0.6) is 11.5 Å². The van der Waals surface area contributed by atoms with Crippen LogP contribution in [0.4, 0.5) is 5.69 Å². The van der Waals surface area contributed by atoms with E-state index in [4.69, 9.17) is 9.47 Å². The predicted octanol–water partition coefficient (Wildman–Crippen LogP) is 1.98. The number of carbonyl (C=O) groups is 2. The third-order valence-electron chi connectivity index (χ3n) is 3.91. The van der Waals surface area contributed by atoms with E-state index in [1.165, 1.54) is 7.11 Å². The zero-order valence-corrected chi connectivity index (χ0v) is 13.5. The maximum atomic E-state index is 12.3. The van der Waals surface area contributed by atoms with E-state index >= 15 is 0 Å². The molecule has 0 fully saturated rings. The Morgan fingerprint density at radius 3 is 2.88 bits per heavy atom. The van der Waals surface area contributed by atoms with Crippen molar-refractivity contribution in [2.24, 2.45) is 0 Å². The van der Waals surface area contributed by atoms with Gasteiger partial charge in [-0.05, 0) is 29.8 Å². The number of methoxy groups -OCH3 is 1. The summed E-state index contributed by atoms with van der Waals surface area (Å²) >= 11 is 0. The summed E-state index contributed by atoms with van der Waals surface area (Å²) in [6.07, 6.45) is 0. The molecule has 24 heavy (non-hydrogen) atoms. The van der Waals surface area contributed by atoms with E-state index in [2.05, 4.69) is 5.32 Å². The summed E-state index contributed by atoms with van der Waals surface area (Å²) in [6, 6.07) is 12.6. The first kappa shape index (κ1) is 15.9. The number of rotatable bonds is 4. The first-order valence-corrected chi connectivity index (χ1v) is 7.53. The van der Waals surface area contributed by atoms with Gasteiger partial charge in [0, 0.05) is 13.6 Å². The van der Waals surface area contributed by atoms with Crippen molar-refractivity contribution in [3.05, 3.63) is 53.6 Å². The smallest absolute Gasteiger partial charge is 0.264 e. The molecule has 6 heteroatoms. The summed E-state index contributed by atoms with van der Waals surface area (Å²) in [4.78, 5) is 25.6. The minimum absolute atomic E-state index is 0.0490. The molecule has 0 spiro atoms. The molecule has 1 heterocycles. The highest BCUT2D eigenvalue weighted by Crippen LogP contribution is 2.31. The van der Waals surface area contributed by atoms with Crippen LogP contribution >= 0.6 is 0 Å². The number of anilines is 1. The Hall–Kier alpha value is -3.02. The van der Waals surface area contributed by atoms with Gasteiger partial charge in [-0.2, -0.15) is 0 Å². The number of nitrogens with zero attached hydrogens (tertiary/aromatic N) is 1. The van der Waals surface area contributed by atoms with Crippen molar-refractivity contribution in [3.8, 4) is 11.5 Å². The van der Waals surface area contributed by atoms with Gasteiger partial charge in [0.25, 0.3) is 11.8 Å². The van der Waals surface area contributed by atoms with Crippen molar-refractivity contribution in [2.45, 2.75) is 6.54 Å². The normalized spacial score (nSPS) is 13.1. The predicted molar refractivity (Wildman–Crippen MR) is 89.5 cm³/mol.